The highest BCUT2D eigenvalue weighted by Crippen LogP contribution is 2.13. The van der Waals surface area contributed by atoms with E-state index in [1.54, 1.807) is 4.68 Å². The van der Waals surface area contributed by atoms with E-state index in [4.69, 9.17) is 0 Å². The molecule has 5 nitrogen and oxygen atoms in total. The van der Waals surface area contributed by atoms with E-state index >= 15 is 0 Å². The molecule has 0 unspecified atom stereocenters. The largest absolute Gasteiger partial charge is 0.366 e. The van der Waals surface area contributed by atoms with Crippen LogP contribution in [0.3, 0.4) is 0 Å². The molecule has 0 saturated carbocycles. The first-order chi connectivity index (χ1) is 9.22. The summed E-state index contributed by atoms with van der Waals surface area (Å²) < 4.78 is 1.75. The van der Waals surface area contributed by atoms with Gasteiger partial charge in [0, 0.05) is 18.6 Å². The summed E-state index contributed by atoms with van der Waals surface area (Å²) in [5.41, 5.74) is 0.845. The number of anilines is 1. The van der Waals surface area contributed by atoms with E-state index in [-0.39, 0.29) is 5.56 Å². The van der Waals surface area contributed by atoms with Crippen molar-refractivity contribution in [1.29, 1.82) is 0 Å². The number of pyridine rings is 1. The second kappa shape index (κ2) is 4.61. The molecule has 0 aliphatic heterocycles. The van der Waals surface area contributed by atoms with Crippen LogP contribution in [0.15, 0.2) is 47.4 Å². The lowest BCUT2D eigenvalue weighted by Crippen LogP contribution is -2.11. The maximum Gasteiger partial charge on any atom is 0.257 e. The Bertz CT molecular complexity index is 772. The van der Waals surface area contributed by atoms with Gasteiger partial charge in [0.05, 0.1) is 12.2 Å². The third-order valence-electron chi connectivity index (χ3n) is 2.98. The monoisotopic (exact) mass is 254 g/mol. The van der Waals surface area contributed by atoms with Gasteiger partial charge in [-0.05, 0) is 23.6 Å². The Kier molecular flexibility index (Phi) is 2.79. The first kappa shape index (κ1) is 11.5. The molecular formula is C14H14N4O. The van der Waals surface area contributed by atoms with Crippen LogP contribution in [0, 0.1) is 0 Å². The maximum atomic E-state index is 11.9. The van der Waals surface area contributed by atoms with Gasteiger partial charge in [0.15, 0.2) is 0 Å². The number of fused-ring (bicyclic) bond motifs is 1. The summed E-state index contributed by atoms with van der Waals surface area (Å²) in [5.74, 6) is 0.703. The minimum atomic E-state index is -0.0818. The standard InChI is InChI=1S/C14H14N4O/c1-18-7-6-11(17-18)9-15-13-8-10-4-2-3-5-12(10)14(19)16-13/h2-8H,9H2,1H3,(H2,15,16,19). The number of H-pyrrole nitrogens is 1. The molecule has 0 spiro atoms. The number of hydrogen-bond acceptors (Lipinski definition) is 3. The average Bonchev–Trinajstić information content (AvgIpc) is 2.82. The van der Waals surface area contributed by atoms with Gasteiger partial charge < -0.3 is 10.3 Å². The fraction of sp³-hybridized carbons (Fsp3) is 0.143. The average molecular weight is 254 g/mol. The topological polar surface area (TPSA) is 62.7 Å². The third kappa shape index (κ3) is 2.35. The zero-order valence-electron chi connectivity index (χ0n) is 10.6. The van der Waals surface area contributed by atoms with Crippen LogP contribution in [0.5, 0.6) is 0 Å². The summed E-state index contributed by atoms with van der Waals surface area (Å²) in [6.07, 6.45) is 1.89. The zero-order valence-corrected chi connectivity index (χ0v) is 10.6. The van der Waals surface area contributed by atoms with E-state index in [0.717, 1.165) is 11.1 Å². The number of rotatable bonds is 3. The molecule has 0 bridgehead atoms. The predicted octanol–water partition coefficient (Wildman–Crippen LogP) is 1.87. The number of nitrogens with zero attached hydrogens (tertiary/aromatic N) is 2. The second-order valence-electron chi connectivity index (χ2n) is 4.43. The van der Waals surface area contributed by atoms with Gasteiger partial charge in [0.1, 0.15) is 5.82 Å². The Morgan fingerprint density at radius 2 is 2.16 bits per heavy atom. The van der Waals surface area contributed by atoms with Crippen molar-refractivity contribution in [3.05, 3.63) is 58.6 Å². The van der Waals surface area contributed by atoms with Gasteiger partial charge in [0.2, 0.25) is 0 Å². The van der Waals surface area contributed by atoms with E-state index in [0.29, 0.717) is 17.7 Å². The van der Waals surface area contributed by atoms with Crippen LogP contribution in [0.1, 0.15) is 5.69 Å². The molecule has 1 aromatic carbocycles. The van der Waals surface area contributed by atoms with Gasteiger partial charge in [0.25, 0.3) is 5.56 Å². The van der Waals surface area contributed by atoms with Gasteiger partial charge in [-0.25, -0.2) is 0 Å². The number of hydrogen-bond donors (Lipinski definition) is 2. The fourth-order valence-corrected chi connectivity index (χ4v) is 2.05. The SMILES string of the molecule is Cn1ccc(CNc2cc3ccccc3c(=O)[nH]2)n1. The molecule has 5 heteroatoms. The van der Waals surface area contributed by atoms with Crippen LogP contribution in [0.25, 0.3) is 10.8 Å². The lowest BCUT2D eigenvalue weighted by molar-refractivity contribution is 0.747. The number of aromatic amines is 1. The van der Waals surface area contributed by atoms with Crippen molar-refractivity contribution in [3.8, 4) is 0 Å². The van der Waals surface area contributed by atoms with Crippen LogP contribution in [-0.4, -0.2) is 14.8 Å². The molecule has 2 aromatic heterocycles. The van der Waals surface area contributed by atoms with Crippen LogP contribution in [-0.2, 0) is 13.6 Å². The molecule has 3 rings (SSSR count). The molecule has 3 aromatic rings. The predicted molar refractivity (Wildman–Crippen MR) is 75.1 cm³/mol. The molecule has 2 heterocycles. The molecular weight excluding hydrogens is 240 g/mol. The lowest BCUT2D eigenvalue weighted by Gasteiger charge is -2.05. The van der Waals surface area contributed by atoms with Crippen molar-refractivity contribution in [2.45, 2.75) is 6.54 Å². The van der Waals surface area contributed by atoms with Crippen molar-refractivity contribution < 1.29 is 0 Å². The van der Waals surface area contributed by atoms with E-state index in [9.17, 15) is 4.79 Å². The quantitative estimate of drug-likeness (QED) is 0.750. The minimum Gasteiger partial charge on any atom is -0.366 e. The molecule has 0 atom stereocenters. The van der Waals surface area contributed by atoms with Crippen molar-refractivity contribution >= 4 is 16.6 Å². The number of aromatic nitrogens is 3. The molecule has 0 radical (unpaired) electrons. The van der Waals surface area contributed by atoms with E-state index in [2.05, 4.69) is 15.4 Å². The Labute approximate surface area is 109 Å². The van der Waals surface area contributed by atoms with E-state index in [1.807, 2.05) is 49.6 Å². The number of benzene rings is 1. The first-order valence-electron chi connectivity index (χ1n) is 6.07. The summed E-state index contributed by atoms with van der Waals surface area (Å²) in [7, 11) is 1.88. The summed E-state index contributed by atoms with van der Waals surface area (Å²) in [5, 5.41) is 9.07. The Morgan fingerprint density at radius 3 is 2.95 bits per heavy atom. The van der Waals surface area contributed by atoms with Crippen LogP contribution in [0.2, 0.25) is 0 Å². The smallest absolute Gasteiger partial charge is 0.257 e. The van der Waals surface area contributed by atoms with E-state index in [1.165, 1.54) is 0 Å². The summed E-state index contributed by atoms with van der Waals surface area (Å²) >= 11 is 0. The third-order valence-corrected chi connectivity index (χ3v) is 2.98. The zero-order chi connectivity index (χ0) is 13.2. The van der Waals surface area contributed by atoms with Crippen molar-refractivity contribution in [3.63, 3.8) is 0 Å². The first-order valence-corrected chi connectivity index (χ1v) is 6.07. The second-order valence-corrected chi connectivity index (χ2v) is 4.43. The molecule has 0 fully saturated rings. The molecule has 0 saturated heterocycles. The van der Waals surface area contributed by atoms with E-state index < -0.39 is 0 Å². The summed E-state index contributed by atoms with van der Waals surface area (Å²) in [6, 6.07) is 11.4. The molecule has 2 N–H and O–H groups in total. The summed E-state index contributed by atoms with van der Waals surface area (Å²) in [4.78, 5) is 14.7. The maximum absolute atomic E-state index is 11.9. The summed E-state index contributed by atoms with van der Waals surface area (Å²) in [6.45, 7) is 0.578. The molecule has 96 valence electrons. The van der Waals surface area contributed by atoms with Crippen LogP contribution < -0.4 is 10.9 Å². The highest BCUT2D eigenvalue weighted by atomic mass is 16.1. The highest BCUT2D eigenvalue weighted by molar-refractivity contribution is 5.83. The highest BCUT2D eigenvalue weighted by Gasteiger charge is 2.02. The Hall–Kier alpha value is -2.56. The van der Waals surface area contributed by atoms with Gasteiger partial charge in [-0.1, -0.05) is 18.2 Å². The Balaban J connectivity index is 1.87. The van der Waals surface area contributed by atoms with Gasteiger partial charge in [-0.2, -0.15) is 5.10 Å². The van der Waals surface area contributed by atoms with Crippen LogP contribution in [0.4, 0.5) is 5.82 Å². The van der Waals surface area contributed by atoms with Crippen LogP contribution >= 0.6 is 0 Å². The van der Waals surface area contributed by atoms with Gasteiger partial charge >= 0.3 is 0 Å². The van der Waals surface area contributed by atoms with Gasteiger partial charge in [-0.15, -0.1) is 0 Å². The fourth-order valence-electron chi connectivity index (χ4n) is 2.05. The van der Waals surface area contributed by atoms with Crippen molar-refractivity contribution in [2.75, 3.05) is 5.32 Å². The van der Waals surface area contributed by atoms with Crippen molar-refractivity contribution in [2.24, 2.45) is 7.05 Å². The molecule has 0 amide bonds. The number of nitrogens with one attached hydrogen (secondary N) is 2. The molecule has 0 aliphatic carbocycles. The molecule has 19 heavy (non-hydrogen) atoms. The molecule has 0 aliphatic rings. The normalized spacial score (nSPS) is 10.8. The lowest BCUT2D eigenvalue weighted by atomic mass is 10.2. The Morgan fingerprint density at radius 1 is 1.32 bits per heavy atom. The van der Waals surface area contributed by atoms with Crippen molar-refractivity contribution in [1.82, 2.24) is 14.8 Å². The van der Waals surface area contributed by atoms with Gasteiger partial charge in [-0.3, -0.25) is 9.48 Å². The minimum absolute atomic E-state index is 0.0818. The number of aryl methyl sites for hydroxylation is 1.